The minimum atomic E-state index is -0.0256. The van der Waals surface area contributed by atoms with E-state index in [4.69, 9.17) is 0 Å². The highest BCUT2D eigenvalue weighted by Gasteiger charge is 2.07. The molecule has 0 spiro atoms. The van der Waals surface area contributed by atoms with Gasteiger partial charge in [0, 0.05) is 5.69 Å². The minimum Gasteiger partial charge on any atom is -1.00 e. The number of nitrogens with one attached hydrogen (secondary N) is 1. The van der Waals surface area contributed by atoms with Gasteiger partial charge in [0.05, 0.1) is 7.05 Å². The first-order valence-electron chi connectivity index (χ1n) is 5.10. The van der Waals surface area contributed by atoms with Crippen LogP contribution in [0.25, 0.3) is 0 Å². The maximum atomic E-state index is 11.6. The van der Waals surface area contributed by atoms with Crippen LogP contribution in [-0.2, 0) is 18.4 Å². The van der Waals surface area contributed by atoms with Gasteiger partial charge in [-0.05, 0) is 12.1 Å². The molecule has 0 saturated carbocycles. The van der Waals surface area contributed by atoms with Crippen LogP contribution < -0.4 is 22.3 Å². The summed E-state index contributed by atoms with van der Waals surface area (Å²) in [4.78, 5) is 11.6. The third-order valence-electron chi connectivity index (χ3n) is 2.21. The van der Waals surface area contributed by atoms with E-state index in [2.05, 4.69) is 5.32 Å². The zero-order chi connectivity index (χ0) is 11.4. The molecule has 0 bridgehead atoms. The van der Waals surface area contributed by atoms with Crippen molar-refractivity contribution in [3.63, 3.8) is 0 Å². The van der Waals surface area contributed by atoms with E-state index in [1.165, 1.54) is 0 Å². The van der Waals surface area contributed by atoms with E-state index in [-0.39, 0.29) is 18.3 Å². The number of rotatable bonds is 3. The van der Waals surface area contributed by atoms with Crippen LogP contribution in [0.2, 0.25) is 0 Å². The lowest BCUT2D eigenvalue weighted by molar-refractivity contribution is -0.671. The van der Waals surface area contributed by atoms with Gasteiger partial charge in [0.1, 0.15) is 12.4 Å². The maximum Gasteiger partial charge on any atom is 0.266 e. The number of halogens is 1. The van der Waals surface area contributed by atoms with E-state index in [0.29, 0.717) is 6.54 Å². The molecule has 5 heteroatoms. The molecule has 4 nitrogen and oxygen atoms in total. The molecule has 1 heterocycles. The summed E-state index contributed by atoms with van der Waals surface area (Å²) in [6, 6.07) is 9.44. The highest BCUT2D eigenvalue weighted by molar-refractivity contribution is 5.90. The second-order valence-electron chi connectivity index (χ2n) is 3.67. The number of aromatic nitrogens is 2. The van der Waals surface area contributed by atoms with Crippen LogP contribution in [0.4, 0.5) is 5.69 Å². The Morgan fingerprint density at radius 2 is 2.06 bits per heavy atom. The Hall–Kier alpha value is -1.81. The van der Waals surface area contributed by atoms with Crippen molar-refractivity contribution >= 4 is 11.6 Å². The second kappa shape index (κ2) is 6.06. The van der Waals surface area contributed by atoms with Crippen molar-refractivity contribution in [2.24, 2.45) is 7.05 Å². The van der Waals surface area contributed by atoms with Crippen LogP contribution in [0, 0.1) is 0 Å². The fraction of sp³-hybridized carbons (Fsp3) is 0.167. The number of nitrogens with zero attached hydrogens (tertiary/aromatic N) is 2. The van der Waals surface area contributed by atoms with E-state index >= 15 is 0 Å². The van der Waals surface area contributed by atoms with Crippen LogP contribution in [-0.4, -0.2) is 10.5 Å². The molecule has 17 heavy (non-hydrogen) atoms. The van der Waals surface area contributed by atoms with Crippen molar-refractivity contribution in [2.75, 3.05) is 5.32 Å². The molecule has 0 saturated heterocycles. The Morgan fingerprint density at radius 3 is 2.65 bits per heavy atom. The maximum absolute atomic E-state index is 11.6. The number of hydrogen-bond acceptors (Lipinski definition) is 1. The first-order valence-corrected chi connectivity index (χ1v) is 5.10. The summed E-state index contributed by atoms with van der Waals surface area (Å²) in [5, 5.41) is 2.83. The molecular formula is C12H14ClN3O. The number of para-hydroxylation sites is 1. The third-order valence-corrected chi connectivity index (χ3v) is 2.21. The summed E-state index contributed by atoms with van der Waals surface area (Å²) in [7, 11) is 1.92. The Kier molecular flexibility index (Phi) is 4.72. The van der Waals surface area contributed by atoms with Crippen molar-refractivity contribution in [1.82, 2.24) is 4.57 Å². The molecule has 90 valence electrons. The molecule has 0 aliphatic heterocycles. The van der Waals surface area contributed by atoms with Crippen molar-refractivity contribution in [1.29, 1.82) is 0 Å². The molecule has 1 aromatic carbocycles. The number of carbonyl (C=O) groups is 1. The molecule has 0 aliphatic carbocycles. The van der Waals surface area contributed by atoms with Gasteiger partial charge in [-0.3, -0.25) is 4.79 Å². The number of hydrogen-bond donors (Lipinski definition) is 1. The molecule has 0 unspecified atom stereocenters. The Morgan fingerprint density at radius 1 is 1.35 bits per heavy atom. The van der Waals surface area contributed by atoms with E-state index in [1.807, 2.05) is 65.2 Å². The van der Waals surface area contributed by atoms with Crippen molar-refractivity contribution in [2.45, 2.75) is 6.54 Å². The van der Waals surface area contributed by atoms with Gasteiger partial charge in [0.15, 0.2) is 6.54 Å². The highest BCUT2D eigenvalue weighted by Crippen LogP contribution is 2.04. The van der Waals surface area contributed by atoms with Gasteiger partial charge in [-0.2, -0.15) is 0 Å². The lowest BCUT2D eigenvalue weighted by Crippen LogP contribution is -3.00. The van der Waals surface area contributed by atoms with E-state index in [9.17, 15) is 4.79 Å². The smallest absolute Gasteiger partial charge is 0.266 e. The van der Waals surface area contributed by atoms with Crippen LogP contribution in [0.15, 0.2) is 49.1 Å². The van der Waals surface area contributed by atoms with Crippen molar-refractivity contribution in [3.05, 3.63) is 49.1 Å². The number of anilines is 1. The number of aryl methyl sites for hydroxylation is 1. The van der Waals surface area contributed by atoms with Crippen molar-refractivity contribution < 1.29 is 21.8 Å². The Bertz CT molecular complexity index is 482. The van der Waals surface area contributed by atoms with Crippen LogP contribution in [0.3, 0.4) is 0 Å². The van der Waals surface area contributed by atoms with E-state index in [1.54, 1.807) is 0 Å². The van der Waals surface area contributed by atoms with Gasteiger partial charge in [-0.25, -0.2) is 9.13 Å². The van der Waals surface area contributed by atoms with Gasteiger partial charge in [-0.1, -0.05) is 18.2 Å². The highest BCUT2D eigenvalue weighted by atomic mass is 35.5. The zero-order valence-corrected chi connectivity index (χ0v) is 10.3. The second-order valence-corrected chi connectivity index (χ2v) is 3.67. The van der Waals surface area contributed by atoms with Crippen LogP contribution >= 0.6 is 0 Å². The lowest BCUT2D eigenvalue weighted by atomic mass is 10.3. The van der Waals surface area contributed by atoms with Gasteiger partial charge in [0.25, 0.3) is 5.91 Å². The topological polar surface area (TPSA) is 37.9 Å². The van der Waals surface area contributed by atoms with Crippen molar-refractivity contribution in [3.8, 4) is 0 Å². The molecule has 0 fully saturated rings. The van der Waals surface area contributed by atoms with E-state index < -0.39 is 0 Å². The summed E-state index contributed by atoms with van der Waals surface area (Å²) >= 11 is 0. The van der Waals surface area contributed by atoms with Gasteiger partial charge in [0.2, 0.25) is 6.33 Å². The minimum absolute atomic E-state index is 0. The normalized spacial score (nSPS) is 9.47. The fourth-order valence-electron chi connectivity index (χ4n) is 1.48. The van der Waals surface area contributed by atoms with E-state index in [0.717, 1.165) is 5.69 Å². The molecule has 0 aliphatic rings. The monoisotopic (exact) mass is 251 g/mol. The molecule has 1 amide bonds. The fourth-order valence-corrected chi connectivity index (χ4v) is 1.48. The van der Waals surface area contributed by atoms with Gasteiger partial charge in [-0.15, -0.1) is 0 Å². The summed E-state index contributed by atoms with van der Waals surface area (Å²) in [5.41, 5.74) is 0.823. The first-order chi connectivity index (χ1) is 7.74. The molecule has 0 radical (unpaired) electrons. The lowest BCUT2D eigenvalue weighted by Gasteiger charge is -2.02. The summed E-state index contributed by atoms with van der Waals surface area (Å²) in [6.07, 6.45) is 5.63. The average molecular weight is 252 g/mol. The van der Waals surface area contributed by atoms with Crippen LogP contribution in [0.1, 0.15) is 0 Å². The average Bonchev–Trinajstić information content (AvgIpc) is 2.65. The molecule has 1 N–H and O–H groups in total. The summed E-state index contributed by atoms with van der Waals surface area (Å²) < 4.78 is 3.73. The number of amides is 1. The SMILES string of the molecule is C[n+]1ccn(CC(=O)Nc2ccccc2)c1.[Cl-]. The third kappa shape index (κ3) is 3.92. The Balaban J connectivity index is 0.00000144. The zero-order valence-electron chi connectivity index (χ0n) is 9.51. The predicted molar refractivity (Wildman–Crippen MR) is 60.7 cm³/mol. The number of carbonyl (C=O) groups excluding carboxylic acids is 1. The molecule has 2 aromatic rings. The quantitative estimate of drug-likeness (QED) is 0.627. The largest absolute Gasteiger partial charge is 1.00 e. The molecule has 2 rings (SSSR count). The first kappa shape index (κ1) is 13.3. The summed E-state index contributed by atoms with van der Waals surface area (Å²) in [6.45, 7) is 0.329. The van der Waals surface area contributed by atoms with Gasteiger partial charge >= 0.3 is 0 Å². The Labute approximate surface area is 106 Å². The molecule has 0 atom stereocenters. The van der Waals surface area contributed by atoms with Crippen LogP contribution in [0.5, 0.6) is 0 Å². The number of benzene rings is 1. The van der Waals surface area contributed by atoms with Gasteiger partial charge < -0.3 is 17.7 Å². The number of imidazole rings is 1. The standard InChI is InChI=1S/C12H13N3O.ClH/c1-14-7-8-15(10-14)9-12(16)13-11-5-3-2-4-6-11;/h2-8,10H,9H2,1H3;1H. The summed E-state index contributed by atoms with van der Waals surface area (Å²) in [5.74, 6) is -0.0256. The molecule has 1 aromatic heterocycles. The molecular weight excluding hydrogens is 238 g/mol. The predicted octanol–water partition coefficient (Wildman–Crippen LogP) is -2.04.